The Labute approximate surface area is 93.7 Å². The van der Waals surface area contributed by atoms with Crippen LogP contribution >= 0.6 is 0 Å². The average molecular weight is 232 g/mol. The SMILES string of the molecule is CCC1C(=O)OC(=O)C1(CC)OC.C[SiH3]. The molecule has 1 aliphatic heterocycles. The molecule has 15 heavy (non-hydrogen) atoms. The van der Waals surface area contributed by atoms with Crippen LogP contribution in [0.1, 0.15) is 26.7 Å². The van der Waals surface area contributed by atoms with E-state index in [1.54, 1.807) is 0 Å². The molecule has 1 fully saturated rings. The van der Waals surface area contributed by atoms with Crippen molar-refractivity contribution in [2.24, 2.45) is 5.92 Å². The molecular weight excluding hydrogens is 212 g/mol. The van der Waals surface area contributed by atoms with Gasteiger partial charge in [0.1, 0.15) is 0 Å². The molecule has 0 aromatic heterocycles. The Morgan fingerprint density at radius 3 is 2.20 bits per heavy atom. The Morgan fingerprint density at radius 1 is 1.40 bits per heavy atom. The van der Waals surface area contributed by atoms with E-state index in [4.69, 9.17) is 4.74 Å². The van der Waals surface area contributed by atoms with Crippen molar-refractivity contribution in [1.82, 2.24) is 0 Å². The zero-order valence-corrected chi connectivity index (χ0v) is 12.1. The first-order valence-corrected chi connectivity index (χ1v) is 7.43. The Morgan fingerprint density at radius 2 is 1.93 bits per heavy atom. The van der Waals surface area contributed by atoms with Crippen molar-refractivity contribution < 1.29 is 19.1 Å². The summed E-state index contributed by atoms with van der Waals surface area (Å²) in [5.74, 6) is -1.46. The Bertz CT molecular complexity index is 236. The summed E-state index contributed by atoms with van der Waals surface area (Å²) in [5.41, 5.74) is -1.04. The lowest BCUT2D eigenvalue weighted by Gasteiger charge is -2.25. The number of ether oxygens (including phenoxy) is 2. The highest BCUT2D eigenvalue weighted by Crippen LogP contribution is 2.36. The summed E-state index contributed by atoms with van der Waals surface area (Å²) < 4.78 is 9.70. The van der Waals surface area contributed by atoms with Crippen LogP contribution < -0.4 is 0 Å². The first-order chi connectivity index (χ1) is 7.12. The fourth-order valence-electron chi connectivity index (χ4n) is 1.84. The maximum atomic E-state index is 11.4. The van der Waals surface area contributed by atoms with Crippen LogP contribution in [0, 0.1) is 5.92 Å². The summed E-state index contributed by atoms with van der Waals surface area (Å²) in [5, 5.41) is 0. The lowest BCUT2D eigenvalue weighted by atomic mass is 9.85. The lowest BCUT2D eigenvalue weighted by Crippen LogP contribution is -2.42. The molecule has 2 atom stereocenters. The van der Waals surface area contributed by atoms with Crippen molar-refractivity contribution in [3.8, 4) is 0 Å². The smallest absolute Gasteiger partial charge is 0.346 e. The number of methoxy groups -OCH3 is 1. The molecular formula is C10H20O4Si. The predicted octanol–water partition coefficient (Wildman–Crippen LogP) is 0.291. The van der Waals surface area contributed by atoms with Crippen LogP contribution in [0.25, 0.3) is 0 Å². The highest BCUT2D eigenvalue weighted by molar-refractivity contribution is 6.05. The molecule has 2 unspecified atom stereocenters. The van der Waals surface area contributed by atoms with E-state index in [-0.39, 0.29) is 0 Å². The van der Waals surface area contributed by atoms with Crippen molar-refractivity contribution in [3.63, 3.8) is 0 Å². The van der Waals surface area contributed by atoms with Crippen LogP contribution in [0.5, 0.6) is 0 Å². The number of esters is 2. The van der Waals surface area contributed by atoms with Gasteiger partial charge in [-0.2, -0.15) is 0 Å². The quantitative estimate of drug-likeness (QED) is 0.399. The molecule has 0 saturated carbocycles. The zero-order chi connectivity index (χ0) is 12.1. The molecule has 0 aromatic carbocycles. The third-order valence-corrected chi connectivity index (χ3v) is 2.68. The van der Waals surface area contributed by atoms with E-state index < -0.39 is 23.5 Å². The highest BCUT2D eigenvalue weighted by atomic mass is 28.1. The lowest BCUT2D eigenvalue weighted by molar-refractivity contribution is -0.160. The molecule has 1 heterocycles. The largest absolute Gasteiger partial charge is 0.391 e. The second kappa shape index (κ2) is 6.02. The van der Waals surface area contributed by atoms with Gasteiger partial charge in [0.05, 0.1) is 5.92 Å². The number of rotatable bonds is 3. The average Bonchev–Trinajstić information content (AvgIpc) is 2.52. The standard InChI is InChI=1S/C9H14O4.CH6Si/c1-4-6-7(10)13-8(11)9(6,5-2)12-3;1-2/h6H,4-5H2,1-3H3;1-2H3. The molecule has 88 valence electrons. The molecule has 0 aromatic rings. The summed E-state index contributed by atoms with van der Waals surface area (Å²) in [6.45, 7) is 5.79. The van der Waals surface area contributed by atoms with Crippen molar-refractivity contribution in [2.45, 2.75) is 38.8 Å². The van der Waals surface area contributed by atoms with Gasteiger partial charge < -0.3 is 9.47 Å². The van der Waals surface area contributed by atoms with Crippen molar-refractivity contribution in [2.75, 3.05) is 7.11 Å². The van der Waals surface area contributed by atoms with Crippen molar-refractivity contribution in [3.05, 3.63) is 0 Å². The van der Waals surface area contributed by atoms with E-state index >= 15 is 0 Å². The first-order valence-electron chi connectivity index (χ1n) is 5.43. The number of hydrogen-bond donors (Lipinski definition) is 0. The highest BCUT2D eigenvalue weighted by Gasteiger charge is 2.56. The van der Waals surface area contributed by atoms with Gasteiger partial charge >= 0.3 is 11.9 Å². The van der Waals surface area contributed by atoms with Gasteiger partial charge in [-0.3, -0.25) is 4.79 Å². The maximum Gasteiger partial charge on any atom is 0.346 e. The van der Waals surface area contributed by atoms with Crippen LogP contribution in [-0.4, -0.2) is 34.9 Å². The van der Waals surface area contributed by atoms with Gasteiger partial charge in [0.2, 0.25) is 0 Å². The second-order valence-electron chi connectivity index (χ2n) is 3.12. The molecule has 0 aliphatic carbocycles. The van der Waals surface area contributed by atoms with Crippen LogP contribution in [0.4, 0.5) is 0 Å². The molecule has 1 rings (SSSR count). The number of hydrogen-bond acceptors (Lipinski definition) is 4. The second-order valence-corrected chi connectivity index (χ2v) is 3.12. The van der Waals surface area contributed by atoms with Gasteiger partial charge in [0.25, 0.3) is 0 Å². The number of cyclic esters (lactones) is 2. The van der Waals surface area contributed by atoms with Crippen LogP contribution in [-0.2, 0) is 19.1 Å². The molecule has 0 N–H and O–H groups in total. The fraction of sp³-hybridized carbons (Fsp3) is 0.800. The molecule has 0 bridgehead atoms. The fourth-order valence-corrected chi connectivity index (χ4v) is 1.84. The molecule has 5 heteroatoms. The minimum absolute atomic E-state index is 0.449. The van der Waals surface area contributed by atoms with E-state index in [1.807, 2.05) is 13.8 Å². The van der Waals surface area contributed by atoms with E-state index in [1.165, 1.54) is 17.4 Å². The Kier molecular flexibility index (Phi) is 5.75. The van der Waals surface area contributed by atoms with Gasteiger partial charge in [-0.1, -0.05) is 20.4 Å². The summed E-state index contributed by atoms with van der Waals surface area (Å²) in [6.07, 6.45) is 1.03. The molecule has 4 nitrogen and oxygen atoms in total. The molecule has 1 saturated heterocycles. The maximum absolute atomic E-state index is 11.4. The van der Waals surface area contributed by atoms with Gasteiger partial charge in [-0.25, -0.2) is 4.79 Å². The molecule has 0 spiro atoms. The third-order valence-electron chi connectivity index (χ3n) is 2.68. The van der Waals surface area contributed by atoms with Crippen LogP contribution in [0.15, 0.2) is 0 Å². The van der Waals surface area contributed by atoms with Gasteiger partial charge in [0, 0.05) is 7.11 Å². The summed E-state index contributed by atoms with van der Waals surface area (Å²) in [6, 6.07) is 0. The minimum atomic E-state index is -1.04. The van der Waals surface area contributed by atoms with Crippen LogP contribution in [0.2, 0.25) is 6.55 Å². The summed E-state index contributed by atoms with van der Waals surface area (Å²) in [4.78, 5) is 22.6. The van der Waals surface area contributed by atoms with Crippen LogP contribution in [0.3, 0.4) is 0 Å². The zero-order valence-electron chi connectivity index (χ0n) is 10.1. The van der Waals surface area contributed by atoms with Gasteiger partial charge in [0.15, 0.2) is 5.60 Å². The van der Waals surface area contributed by atoms with Crippen molar-refractivity contribution >= 4 is 22.2 Å². The Balaban J connectivity index is 0.000000921. The Hall–Kier alpha value is -0.683. The third kappa shape index (κ3) is 2.29. The summed E-state index contributed by atoms with van der Waals surface area (Å²) in [7, 11) is 2.74. The van der Waals surface area contributed by atoms with E-state index in [2.05, 4.69) is 11.3 Å². The molecule has 0 amide bonds. The normalized spacial score (nSPS) is 29.7. The van der Waals surface area contributed by atoms with Gasteiger partial charge in [-0.05, 0) is 23.1 Å². The number of carbonyl (C=O) groups excluding carboxylic acids is 2. The topological polar surface area (TPSA) is 52.6 Å². The monoisotopic (exact) mass is 232 g/mol. The predicted molar refractivity (Wildman–Crippen MR) is 60.7 cm³/mol. The van der Waals surface area contributed by atoms with E-state index in [0.717, 1.165) is 0 Å². The summed E-state index contributed by atoms with van der Waals surface area (Å²) >= 11 is 0. The molecule has 0 radical (unpaired) electrons. The first kappa shape index (κ1) is 14.3. The van der Waals surface area contributed by atoms with Gasteiger partial charge in [-0.15, -0.1) is 0 Å². The van der Waals surface area contributed by atoms with E-state index in [9.17, 15) is 9.59 Å². The molecule has 1 aliphatic rings. The number of carbonyl (C=O) groups is 2. The van der Waals surface area contributed by atoms with Crippen molar-refractivity contribution in [1.29, 1.82) is 0 Å². The van der Waals surface area contributed by atoms with E-state index in [0.29, 0.717) is 12.8 Å². The minimum Gasteiger partial charge on any atom is -0.391 e.